The Bertz CT molecular complexity index is 1290. The second-order valence-corrected chi connectivity index (χ2v) is 7.51. The zero-order valence-corrected chi connectivity index (χ0v) is 18.8. The van der Waals surface area contributed by atoms with Crippen LogP contribution in [-0.2, 0) is 19.6 Å². The van der Waals surface area contributed by atoms with Gasteiger partial charge in [-0.1, -0.05) is 37.6 Å². The number of benzene rings is 1. The first-order valence-corrected chi connectivity index (χ1v) is 10.5. The van der Waals surface area contributed by atoms with Gasteiger partial charge in [-0.05, 0) is 30.5 Å². The summed E-state index contributed by atoms with van der Waals surface area (Å²) < 4.78 is 3.92. The molecule has 32 heavy (non-hydrogen) atoms. The van der Waals surface area contributed by atoms with Crippen molar-refractivity contribution in [2.24, 2.45) is 0 Å². The standard InChI is InChI=1S/C14H16ClN3O2.C7H11N3O2/c1-2-7-17-12(16)8-13(19)18(14(17)20)9-10-3-5-11(15)6-4-10;1-2-3-10-5(8)4-6(11)9-7(10)12/h3-6,8H,2,7,9,16H2,1H3;4H,2-3,8H2,1H3,(H,9,11,12). The summed E-state index contributed by atoms with van der Waals surface area (Å²) in [7, 11) is 0. The van der Waals surface area contributed by atoms with E-state index in [0.717, 1.165) is 18.4 Å². The highest BCUT2D eigenvalue weighted by Crippen LogP contribution is 2.09. The summed E-state index contributed by atoms with van der Waals surface area (Å²) in [5, 5.41) is 0.613. The van der Waals surface area contributed by atoms with Gasteiger partial charge in [0.2, 0.25) is 0 Å². The van der Waals surface area contributed by atoms with Crippen molar-refractivity contribution in [2.45, 2.75) is 46.3 Å². The zero-order chi connectivity index (χ0) is 23.8. The highest BCUT2D eigenvalue weighted by atomic mass is 35.5. The predicted molar refractivity (Wildman–Crippen MR) is 126 cm³/mol. The molecule has 0 aliphatic heterocycles. The van der Waals surface area contributed by atoms with Gasteiger partial charge in [-0.3, -0.25) is 28.3 Å². The van der Waals surface area contributed by atoms with E-state index in [0.29, 0.717) is 18.1 Å². The first-order valence-electron chi connectivity index (χ1n) is 10.1. The molecule has 0 saturated heterocycles. The number of nitrogens with one attached hydrogen (secondary N) is 1. The Labute approximate surface area is 188 Å². The van der Waals surface area contributed by atoms with E-state index in [1.807, 2.05) is 13.8 Å². The van der Waals surface area contributed by atoms with Gasteiger partial charge in [-0.2, -0.15) is 0 Å². The molecule has 10 nitrogen and oxygen atoms in total. The van der Waals surface area contributed by atoms with Crippen LogP contribution in [0.4, 0.5) is 11.6 Å². The van der Waals surface area contributed by atoms with Gasteiger partial charge in [0.1, 0.15) is 11.6 Å². The van der Waals surface area contributed by atoms with Crippen LogP contribution in [-0.4, -0.2) is 18.7 Å². The number of halogens is 1. The smallest absolute Gasteiger partial charge is 0.332 e. The van der Waals surface area contributed by atoms with Crippen LogP contribution < -0.4 is 34.0 Å². The monoisotopic (exact) mass is 462 g/mol. The molecule has 0 unspecified atom stereocenters. The molecule has 3 rings (SSSR count). The number of rotatable bonds is 6. The Kier molecular flexibility index (Phi) is 8.65. The zero-order valence-electron chi connectivity index (χ0n) is 18.0. The van der Waals surface area contributed by atoms with E-state index in [-0.39, 0.29) is 23.9 Å². The van der Waals surface area contributed by atoms with E-state index in [1.165, 1.54) is 25.8 Å². The summed E-state index contributed by atoms with van der Waals surface area (Å²) in [5.74, 6) is 0.416. The van der Waals surface area contributed by atoms with E-state index in [4.69, 9.17) is 23.1 Å². The molecule has 3 aromatic rings. The molecule has 0 fully saturated rings. The average molecular weight is 463 g/mol. The van der Waals surface area contributed by atoms with Gasteiger partial charge in [0.25, 0.3) is 11.1 Å². The fraction of sp³-hybridized carbons (Fsp3) is 0.333. The summed E-state index contributed by atoms with van der Waals surface area (Å²) >= 11 is 5.81. The van der Waals surface area contributed by atoms with Crippen LogP contribution in [0.3, 0.4) is 0 Å². The third-order valence-corrected chi connectivity index (χ3v) is 4.78. The van der Waals surface area contributed by atoms with E-state index in [9.17, 15) is 19.2 Å². The van der Waals surface area contributed by atoms with Crippen LogP contribution in [0.25, 0.3) is 0 Å². The molecule has 0 saturated carbocycles. The topological polar surface area (TPSA) is 151 Å². The quantitative estimate of drug-likeness (QED) is 0.501. The number of hydrogen-bond acceptors (Lipinski definition) is 6. The molecular formula is C21H27ClN6O4. The van der Waals surface area contributed by atoms with Crippen molar-refractivity contribution in [3.05, 3.63) is 88.7 Å². The minimum absolute atomic E-state index is 0.203. The van der Waals surface area contributed by atoms with Crippen LogP contribution in [0.5, 0.6) is 0 Å². The molecule has 2 heterocycles. The van der Waals surface area contributed by atoms with Crippen LogP contribution in [0.1, 0.15) is 32.3 Å². The third kappa shape index (κ3) is 6.24. The third-order valence-electron chi connectivity index (χ3n) is 4.53. The maximum absolute atomic E-state index is 12.3. The number of nitrogen functional groups attached to an aromatic ring is 2. The molecule has 0 spiro atoms. The first-order chi connectivity index (χ1) is 15.2. The molecule has 2 aromatic heterocycles. The number of aromatic amines is 1. The highest BCUT2D eigenvalue weighted by molar-refractivity contribution is 6.30. The summed E-state index contributed by atoms with van der Waals surface area (Å²) in [6.45, 7) is 5.10. The van der Waals surface area contributed by atoms with E-state index < -0.39 is 16.8 Å². The molecule has 0 atom stereocenters. The number of H-pyrrole nitrogens is 1. The van der Waals surface area contributed by atoms with Crippen molar-refractivity contribution in [1.29, 1.82) is 0 Å². The fourth-order valence-electron chi connectivity index (χ4n) is 2.99. The molecule has 1 aromatic carbocycles. The Morgan fingerprint density at radius 2 is 1.41 bits per heavy atom. The fourth-order valence-corrected chi connectivity index (χ4v) is 3.12. The second-order valence-electron chi connectivity index (χ2n) is 7.07. The Morgan fingerprint density at radius 3 is 1.97 bits per heavy atom. The van der Waals surface area contributed by atoms with Crippen molar-refractivity contribution in [3.8, 4) is 0 Å². The molecular weight excluding hydrogens is 436 g/mol. The number of aromatic nitrogens is 4. The first kappa shape index (κ1) is 24.7. The highest BCUT2D eigenvalue weighted by Gasteiger charge is 2.09. The molecule has 0 aliphatic rings. The second kappa shape index (κ2) is 11.2. The maximum atomic E-state index is 12.3. The van der Waals surface area contributed by atoms with Gasteiger partial charge in [-0.25, -0.2) is 9.59 Å². The summed E-state index contributed by atoms with van der Waals surface area (Å²) in [5.41, 5.74) is 10.3. The van der Waals surface area contributed by atoms with Crippen molar-refractivity contribution < 1.29 is 0 Å². The SMILES string of the molecule is CCCn1c(N)cc(=O)[nH]c1=O.CCCn1c(N)cc(=O)n(Cc2ccc(Cl)cc2)c1=O. The molecule has 0 bridgehead atoms. The summed E-state index contributed by atoms with van der Waals surface area (Å²) in [6.07, 6.45) is 1.57. The Hall–Kier alpha value is -3.53. The van der Waals surface area contributed by atoms with Crippen molar-refractivity contribution in [1.82, 2.24) is 18.7 Å². The van der Waals surface area contributed by atoms with Gasteiger partial charge in [0.05, 0.1) is 6.54 Å². The van der Waals surface area contributed by atoms with Crippen molar-refractivity contribution in [2.75, 3.05) is 11.5 Å². The van der Waals surface area contributed by atoms with Crippen LogP contribution in [0.15, 0.2) is 55.6 Å². The van der Waals surface area contributed by atoms with E-state index in [1.54, 1.807) is 24.3 Å². The Morgan fingerprint density at radius 1 is 0.844 bits per heavy atom. The Balaban J connectivity index is 0.000000258. The molecule has 11 heteroatoms. The lowest BCUT2D eigenvalue weighted by molar-refractivity contribution is 0.578. The normalized spacial score (nSPS) is 10.5. The minimum atomic E-state index is -0.454. The number of hydrogen-bond donors (Lipinski definition) is 3. The summed E-state index contributed by atoms with van der Waals surface area (Å²) in [6, 6.07) is 9.51. The van der Waals surface area contributed by atoms with E-state index in [2.05, 4.69) is 4.98 Å². The number of nitrogens with zero attached hydrogens (tertiary/aromatic N) is 3. The molecule has 0 aliphatic carbocycles. The van der Waals surface area contributed by atoms with Gasteiger partial charge in [-0.15, -0.1) is 0 Å². The van der Waals surface area contributed by atoms with Gasteiger partial charge >= 0.3 is 11.4 Å². The van der Waals surface area contributed by atoms with E-state index >= 15 is 0 Å². The van der Waals surface area contributed by atoms with Crippen molar-refractivity contribution in [3.63, 3.8) is 0 Å². The lowest BCUT2D eigenvalue weighted by Gasteiger charge is -2.12. The molecule has 0 radical (unpaired) electrons. The number of anilines is 2. The van der Waals surface area contributed by atoms with Crippen molar-refractivity contribution >= 4 is 23.2 Å². The lowest BCUT2D eigenvalue weighted by Crippen LogP contribution is -2.40. The van der Waals surface area contributed by atoms with Gasteiger partial charge in [0, 0.05) is 30.2 Å². The lowest BCUT2D eigenvalue weighted by atomic mass is 10.2. The maximum Gasteiger partial charge on any atom is 0.332 e. The molecule has 0 amide bonds. The van der Waals surface area contributed by atoms with Crippen LogP contribution in [0, 0.1) is 0 Å². The van der Waals surface area contributed by atoms with Crippen LogP contribution >= 0.6 is 11.6 Å². The predicted octanol–water partition coefficient (Wildman–Crippen LogP) is 1.23. The molecule has 172 valence electrons. The van der Waals surface area contributed by atoms with Gasteiger partial charge < -0.3 is 11.5 Å². The molecule has 5 N–H and O–H groups in total. The largest absolute Gasteiger partial charge is 0.385 e. The summed E-state index contributed by atoms with van der Waals surface area (Å²) in [4.78, 5) is 48.2. The minimum Gasteiger partial charge on any atom is -0.385 e. The number of nitrogens with two attached hydrogens (primary N) is 2. The van der Waals surface area contributed by atoms with Gasteiger partial charge in [0.15, 0.2) is 0 Å². The average Bonchev–Trinajstić information content (AvgIpc) is 2.73. The van der Waals surface area contributed by atoms with Crippen LogP contribution in [0.2, 0.25) is 5.02 Å².